The van der Waals surface area contributed by atoms with Gasteiger partial charge >= 0.3 is 0 Å². The van der Waals surface area contributed by atoms with Crippen molar-refractivity contribution in [3.05, 3.63) is 65.0 Å². The second-order valence-electron chi connectivity index (χ2n) is 6.72. The van der Waals surface area contributed by atoms with Crippen LogP contribution in [0.5, 0.6) is 0 Å². The summed E-state index contributed by atoms with van der Waals surface area (Å²) in [6.07, 6.45) is 9.74. The van der Waals surface area contributed by atoms with E-state index in [1.807, 2.05) is 6.07 Å². The molecular formula is C21H26N4O. The Morgan fingerprint density at radius 2 is 2.15 bits per heavy atom. The average molecular weight is 350 g/mol. The number of nitrogens with zero attached hydrogens (tertiary/aromatic N) is 2. The lowest BCUT2D eigenvalue weighted by atomic mass is 9.97. The molecule has 1 aromatic carbocycles. The van der Waals surface area contributed by atoms with Gasteiger partial charge in [0.2, 0.25) is 5.95 Å². The quantitative estimate of drug-likeness (QED) is 0.740. The first kappa shape index (κ1) is 18.1. The molecule has 5 heteroatoms. The number of anilines is 1. The van der Waals surface area contributed by atoms with Gasteiger partial charge in [-0.05, 0) is 50.7 Å². The van der Waals surface area contributed by atoms with Crippen LogP contribution in [0.15, 0.2) is 48.2 Å². The Bertz CT molecular complexity index is 785. The summed E-state index contributed by atoms with van der Waals surface area (Å²) >= 11 is 0. The Balaban J connectivity index is 1.51. The van der Waals surface area contributed by atoms with E-state index in [4.69, 9.17) is 0 Å². The molecule has 2 aromatic rings. The van der Waals surface area contributed by atoms with E-state index < -0.39 is 0 Å². The van der Waals surface area contributed by atoms with Crippen molar-refractivity contribution in [2.75, 3.05) is 11.9 Å². The van der Waals surface area contributed by atoms with Crippen molar-refractivity contribution in [1.29, 1.82) is 0 Å². The first-order chi connectivity index (χ1) is 12.7. The molecule has 0 unspecified atom stereocenters. The Morgan fingerprint density at radius 3 is 2.96 bits per heavy atom. The van der Waals surface area contributed by atoms with Crippen molar-refractivity contribution in [2.24, 2.45) is 0 Å². The molecule has 0 aliphatic heterocycles. The number of allylic oxidation sites excluding steroid dienone is 1. The van der Waals surface area contributed by atoms with Crippen LogP contribution in [0, 0.1) is 6.92 Å². The number of hydrogen-bond donors (Lipinski definition) is 2. The Hall–Kier alpha value is -2.69. The minimum absolute atomic E-state index is 0.151. The molecule has 5 nitrogen and oxygen atoms in total. The number of aromatic nitrogens is 2. The smallest absolute Gasteiger partial charge is 0.270 e. The lowest BCUT2D eigenvalue weighted by molar-refractivity contribution is 0.0949. The molecule has 1 heterocycles. The zero-order valence-corrected chi connectivity index (χ0v) is 15.3. The zero-order valence-electron chi connectivity index (χ0n) is 15.3. The first-order valence-corrected chi connectivity index (χ1v) is 9.29. The SMILES string of the molecule is Cc1cccc(CNc2nccc(C(=O)NCCC3=CCCCC3)n2)c1. The number of nitrogens with one attached hydrogen (secondary N) is 2. The van der Waals surface area contributed by atoms with E-state index in [1.165, 1.54) is 30.4 Å². The van der Waals surface area contributed by atoms with Gasteiger partial charge < -0.3 is 10.6 Å². The topological polar surface area (TPSA) is 66.9 Å². The predicted octanol–water partition coefficient (Wildman–Crippen LogP) is 4.02. The minimum atomic E-state index is -0.151. The largest absolute Gasteiger partial charge is 0.350 e. The molecule has 3 rings (SSSR count). The van der Waals surface area contributed by atoms with Crippen LogP contribution in [0.25, 0.3) is 0 Å². The van der Waals surface area contributed by atoms with Gasteiger partial charge in [0.15, 0.2) is 0 Å². The van der Waals surface area contributed by atoms with Gasteiger partial charge in [0.05, 0.1) is 0 Å². The number of carbonyl (C=O) groups is 1. The van der Waals surface area contributed by atoms with Gasteiger partial charge in [-0.1, -0.05) is 41.5 Å². The average Bonchev–Trinajstić information content (AvgIpc) is 2.67. The monoisotopic (exact) mass is 350 g/mol. The maximum atomic E-state index is 12.3. The number of carbonyl (C=O) groups excluding carboxylic acids is 1. The summed E-state index contributed by atoms with van der Waals surface area (Å²) in [6, 6.07) is 9.90. The number of aryl methyl sites for hydroxylation is 1. The van der Waals surface area contributed by atoms with Crippen molar-refractivity contribution in [3.63, 3.8) is 0 Å². The highest BCUT2D eigenvalue weighted by Crippen LogP contribution is 2.19. The van der Waals surface area contributed by atoms with Gasteiger partial charge in [-0.25, -0.2) is 9.97 Å². The molecule has 0 spiro atoms. The van der Waals surface area contributed by atoms with E-state index in [9.17, 15) is 4.79 Å². The lowest BCUT2D eigenvalue weighted by Gasteiger charge is -2.13. The van der Waals surface area contributed by atoms with E-state index in [2.05, 4.69) is 51.8 Å². The van der Waals surface area contributed by atoms with Crippen molar-refractivity contribution < 1.29 is 4.79 Å². The molecule has 0 atom stereocenters. The van der Waals surface area contributed by atoms with Crippen molar-refractivity contribution in [2.45, 2.75) is 45.6 Å². The Kier molecular flexibility index (Phi) is 6.36. The number of rotatable bonds is 7. The van der Waals surface area contributed by atoms with Crippen LogP contribution in [0.4, 0.5) is 5.95 Å². The lowest BCUT2D eigenvalue weighted by Crippen LogP contribution is -2.26. The van der Waals surface area contributed by atoms with Crippen molar-refractivity contribution in [3.8, 4) is 0 Å². The number of hydrogen-bond acceptors (Lipinski definition) is 4. The van der Waals surface area contributed by atoms with Crippen molar-refractivity contribution in [1.82, 2.24) is 15.3 Å². The molecule has 0 bridgehead atoms. The molecule has 0 fully saturated rings. The molecule has 1 aromatic heterocycles. The molecule has 0 saturated heterocycles. The molecule has 136 valence electrons. The van der Waals surface area contributed by atoms with Crippen LogP contribution in [0.1, 0.15) is 53.7 Å². The normalized spacial score (nSPS) is 13.8. The molecule has 26 heavy (non-hydrogen) atoms. The molecule has 1 amide bonds. The first-order valence-electron chi connectivity index (χ1n) is 9.29. The van der Waals surface area contributed by atoms with Crippen LogP contribution in [-0.4, -0.2) is 22.4 Å². The summed E-state index contributed by atoms with van der Waals surface area (Å²) in [5.74, 6) is 0.316. The maximum Gasteiger partial charge on any atom is 0.270 e. The van der Waals surface area contributed by atoms with Crippen molar-refractivity contribution >= 4 is 11.9 Å². The van der Waals surface area contributed by atoms with E-state index in [0.717, 1.165) is 18.4 Å². The second kappa shape index (κ2) is 9.13. The zero-order chi connectivity index (χ0) is 18.2. The van der Waals surface area contributed by atoms with Crippen LogP contribution < -0.4 is 10.6 Å². The fourth-order valence-electron chi connectivity index (χ4n) is 3.13. The van der Waals surface area contributed by atoms with Crippen LogP contribution in [-0.2, 0) is 6.54 Å². The second-order valence-corrected chi connectivity index (χ2v) is 6.72. The summed E-state index contributed by atoms with van der Waals surface area (Å²) in [4.78, 5) is 20.8. The Labute approximate surface area is 155 Å². The van der Waals surface area contributed by atoms with Crippen LogP contribution in [0.3, 0.4) is 0 Å². The van der Waals surface area contributed by atoms with Crippen LogP contribution >= 0.6 is 0 Å². The highest BCUT2D eigenvalue weighted by Gasteiger charge is 2.09. The minimum Gasteiger partial charge on any atom is -0.350 e. The number of benzene rings is 1. The van der Waals surface area contributed by atoms with Gasteiger partial charge in [-0.3, -0.25) is 4.79 Å². The fourth-order valence-corrected chi connectivity index (χ4v) is 3.13. The molecule has 0 saturated carbocycles. The third kappa shape index (κ3) is 5.41. The summed E-state index contributed by atoms with van der Waals surface area (Å²) < 4.78 is 0. The maximum absolute atomic E-state index is 12.3. The molecule has 0 radical (unpaired) electrons. The predicted molar refractivity (Wildman–Crippen MR) is 104 cm³/mol. The van der Waals surface area contributed by atoms with Gasteiger partial charge in [-0.15, -0.1) is 0 Å². The van der Waals surface area contributed by atoms with E-state index in [1.54, 1.807) is 12.3 Å². The van der Waals surface area contributed by atoms with E-state index in [0.29, 0.717) is 24.7 Å². The van der Waals surface area contributed by atoms with E-state index >= 15 is 0 Å². The molecular weight excluding hydrogens is 324 g/mol. The highest BCUT2D eigenvalue weighted by molar-refractivity contribution is 5.92. The third-order valence-electron chi connectivity index (χ3n) is 4.54. The van der Waals surface area contributed by atoms with Gasteiger partial charge in [0, 0.05) is 19.3 Å². The van der Waals surface area contributed by atoms with E-state index in [-0.39, 0.29) is 5.91 Å². The van der Waals surface area contributed by atoms with Gasteiger partial charge in [0.1, 0.15) is 5.69 Å². The molecule has 1 aliphatic rings. The standard InChI is InChI=1S/C21H26N4O/c1-16-6-5-9-18(14-16)15-24-21-23-13-11-19(25-21)20(26)22-12-10-17-7-3-2-4-8-17/h5-7,9,11,13-14H,2-4,8,10,12,15H2,1H3,(H,22,26)(H,23,24,25). The number of amides is 1. The fraction of sp³-hybridized carbons (Fsp3) is 0.381. The van der Waals surface area contributed by atoms with Crippen LogP contribution in [0.2, 0.25) is 0 Å². The van der Waals surface area contributed by atoms with Gasteiger partial charge in [0.25, 0.3) is 5.91 Å². The summed E-state index contributed by atoms with van der Waals surface area (Å²) in [6.45, 7) is 3.34. The molecule has 2 N–H and O–H groups in total. The Morgan fingerprint density at radius 1 is 1.23 bits per heavy atom. The third-order valence-corrected chi connectivity index (χ3v) is 4.54. The summed E-state index contributed by atoms with van der Waals surface area (Å²) in [5.41, 5.74) is 4.22. The summed E-state index contributed by atoms with van der Waals surface area (Å²) in [7, 11) is 0. The summed E-state index contributed by atoms with van der Waals surface area (Å²) in [5, 5.41) is 6.14. The molecule has 1 aliphatic carbocycles. The van der Waals surface area contributed by atoms with Gasteiger partial charge in [-0.2, -0.15) is 0 Å². The highest BCUT2D eigenvalue weighted by atomic mass is 16.1.